The molecule has 1 N–H and O–H groups in total. The van der Waals surface area contributed by atoms with E-state index in [1.165, 1.54) is 11.5 Å². The van der Waals surface area contributed by atoms with Crippen molar-refractivity contribution in [3.8, 4) is 0 Å². The zero-order valence-electron chi connectivity index (χ0n) is 9.43. The highest BCUT2D eigenvalue weighted by Crippen LogP contribution is 2.21. The van der Waals surface area contributed by atoms with Gasteiger partial charge in [0.05, 0.1) is 12.3 Å². The third-order valence-electron chi connectivity index (χ3n) is 2.25. The molecule has 0 bridgehead atoms. The van der Waals surface area contributed by atoms with E-state index in [2.05, 4.69) is 21.6 Å². The van der Waals surface area contributed by atoms with Crippen LogP contribution in [-0.2, 0) is 6.42 Å². The Morgan fingerprint density at radius 3 is 3.12 bits per heavy atom. The first-order valence-electron chi connectivity index (χ1n) is 5.42. The highest BCUT2D eigenvalue weighted by molar-refractivity contribution is 7.09. The lowest BCUT2D eigenvalue weighted by Gasteiger charge is -2.08. The Morgan fingerprint density at radius 2 is 2.44 bits per heavy atom. The van der Waals surface area contributed by atoms with E-state index in [1.807, 2.05) is 19.1 Å². The van der Waals surface area contributed by atoms with E-state index in [4.69, 9.17) is 4.42 Å². The van der Waals surface area contributed by atoms with Crippen LogP contribution in [0.15, 0.2) is 22.8 Å². The minimum atomic E-state index is 0.123. The Hall–Kier alpha value is -1.36. The fraction of sp³-hybridized carbons (Fsp3) is 0.455. The summed E-state index contributed by atoms with van der Waals surface area (Å²) >= 11 is 1.40. The molecule has 86 valence electrons. The van der Waals surface area contributed by atoms with Crippen molar-refractivity contribution in [3.63, 3.8) is 0 Å². The maximum Gasteiger partial charge on any atom is 0.203 e. The fourth-order valence-electron chi connectivity index (χ4n) is 1.43. The summed E-state index contributed by atoms with van der Waals surface area (Å²) in [5.74, 6) is 1.83. The van der Waals surface area contributed by atoms with Crippen LogP contribution < -0.4 is 5.32 Å². The van der Waals surface area contributed by atoms with Crippen LogP contribution >= 0.6 is 11.5 Å². The Labute approximate surface area is 98.9 Å². The van der Waals surface area contributed by atoms with Crippen molar-refractivity contribution in [1.29, 1.82) is 0 Å². The van der Waals surface area contributed by atoms with E-state index in [9.17, 15) is 0 Å². The molecule has 1 atom stereocenters. The molecule has 2 aromatic rings. The van der Waals surface area contributed by atoms with Gasteiger partial charge >= 0.3 is 0 Å². The number of nitrogens with zero attached hydrogens (tertiary/aromatic N) is 2. The van der Waals surface area contributed by atoms with Crippen LogP contribution in [0.1, 0.15) is 37.9 Å². The normalized spacial score (nSPS) is 12.6. The Balaban J connectivity index is 1.98. The van der Waals surface area contributed by atoms with Crippen LogP contribution in [-0.4, -0.2) is 9.36 Å². The molecule has 0 spiro atoms. The van der Waals surface area contributed by atoms with Gasteiger partial charge in [-0.2, -0.15) is 4.37 Å². The summed E-state index contributed by atoms with van der Waals surface area (Å²) in [5.41, 5.74) is 0. The van der Waals surface area contributed by atoms with Crippen molar-refractivity contribution < 1.29 is 4.42 Å². The third kappa shape index (κ3) is 2.61. The van der Waals surface area contributed by atoms with E-state index in [0.717, 1.165) is 29.6 Å². The SMILES string of the molecule is CCCc1nsc(NC(C)c2ccco2)n1. The van der Waals surface area contributed by atoms with E-state index in [0.29, 0.717) is 0 Å². The van der Waals surface area contributed by atoms with Gasteiger partial charge in [0, 0.05) is 18.0 Å². The maximum atomic E-state index is 5.32. The van der Waals surface area contributed by atoms with Crippen LogP contribution in [0.4, 0.5) is 5.13 Å². The Bertz CT molecular complexity index is 424. The number of nitrogens with one attached hydrogen (secondary N) is 1. The van der Waals surface area contributed by atoms with E-state index >= 15 is 0 Å². The van der Waals surface area contributed by atoms with Crippen molar-refractivity contribution >= 4 is 16.7 Å². The van der Waals surface area contributed by atoms with Gasteiger partial charge in [0.1, 0.15) is 11.6 Å². The number of anilines is 1. The van der Waals surface area contributed by atoms with Gasteiger partial charge in [-0.15, -0.1) is 0 Å². The molecule has 5 heteroatoms. The predicted octanol–water partition coefficient (Wildman–Crippen LogP) is 3.26. The Morgan fingerprint density at radius 1 is 1.56 bits per heavy atom. The lowest BCUT2D eigenvalue weighted by Crippen LogP contribution is -2.05. The van der Waals surface area contributed by atoms with Gasteiger partial charge < -0.3 is 9.73 Å². The minimum absolute atomic E-state index is 0.123. The standard InChI is InChI=1S/C11H15N3OS/c1-3-5-10-13-11(16-14-10)12-8(2)9-6-4-7-15-9/h4,6-8H,3,5H2,1-2H3,(H,12,13,14). The minimum Gasteiger partial charge on any atom is -0.467 e. The number of aryl methyl sites for hydroxylation is 1. The largest absolute Gasteiger partial charge is 0.467 e. The summed E-state index contributed by atoms with van der Waals surface area (Å²) in [6.07, 6.45) is 3.69. The average molecular weight is 237 g/mol. The van der Waals surface area contributed by atoms with Gasteiger partial charge in [0.15, 0.2) is 0 Å². The molecule has 2 heterocycles. The van der Waals surface area contributed by atoms with Crippen LogP contribution in [0.2, 0.25) is 0 Å². The van der Waals surface area contributed by atoms with E-state index in [1.54, 1.807) is 6.26 Å². The molecule has 0 saturated carbocycles. The van der Waals surface area contributed by atoms with Gasteiger partial charge in [0.2, 0.25) is 5.13 Å². The van der Waals surface area contributed by atoms with Crippen LogP contribution in [0, 0.1) is 0 Å². The number of furan rings is 1. The maximum absolute atomic E-state index is 5.32. The van der Waals surface area contributed by atoms with Crippen LogP contribution in [0.5, 0.6) is 0 Å². The highest BCUT2D eigenvalue weighted by Gasteiger charge is 2.10. The quantitative estimate of drug-likeness (QED) is 0.867. The first-order chi connectivity index (χ1) is 7.79. The lowest BCUT2D eigenvalue weighted by molar-refractivity contribution is 0.490. The fourth-order valence-corrected chi connectivity index (χ4v) is 2.13. The molecule has 1 unspecified atom stereocenters. The topological polar surface area (TPSA) is 51.0 Å². The van der Waals surface area contributed by atoms with Gasteiger partial charge in [-0.3, -0.25) is 0 Å². The second-order valence-corrected chi connectivity index (χ2v) is 4.40. The highest BCUT2D eigenvalue weighted by atomic mass is 32.1. The zero-order valence-corrected chi connectivity index (χ0v) is 10.3. The van der Waals surface area contributed by atoms with Crippen molar-refractivity contribution in [2.75, 3.05) is 5.32 Å². The molecule has 4 nitrogen and oxygen atoms in total. The van der Waals surface area contributed by atoms with Gasteiger partial charge in [-0.1, -0.05) is 6.92 Å². The van der Waals surface area contributed by atoms with Crippen molar-refractivity contribution in [2.45, 2.75) is 32.7 Å². The first-order valence-corrected chi connectivity index (χ1v) is 6.19. The summed E-state index contributed by atoms with van der Waals surface area (Å²) in [7, 11) is 0. The predicted molar refractivity (Wildman–Crippen MR) is 64.6 cm³/mol. The molecule has 0 radical (unpaired) electrons. The zero-order chi connectivity index (χ0) is 11.4. The van der Waals surface area contributed by atoms with Crippen molar-refractivity contribution in [1.82, 2.24) is 9.36 Å². The number of rotatable bonds is 5. The van der Waals surface area contributed by atoms with Gasteiger partial charge in [-0.05, 0) is 25.5 Å². The summed E-state index contributed by atoms with van der Waals surface area (Å²) in [5, 5.41) is 4.13. The number of hydrogen-bond donors (Lipinski definition) is 1. The summed E-state index contributed by atoms with van der Waals surface area (Å²) < 4.78 is 9.59. The Kier molecular flexibility index (Phi) is 3.56. The van der Waals surface area contributed by atoms with Crippen LogP contribution in [0.25, 0.3) is 0 Å². The molecule has 2 rings (SSSR count). The first kappa shape index (κ1) is 11.1. The molecule has 0 aliphatic rings. The van der Waals surface area contributed by atoms with Gasteiger partial charge in [-0.25, -0.2) is 4.98 Å². The second kappa shape index (κ2) is 5.12. The second-order valence-electron chi connectivity index (χ2n) is 3.65. The number of aromatic nitrogens is 2. The summed E-state index contributed by atoms with van der Waals surface area (Å²) in [4.78, 5) is 4.40. The van der Waals surface area contributed by atoms with E-state index in [-0.39, 0.29) is 6.04 Å². The summed E-state index contributed by atoms with van der Waals surface area (Å²) in [6, 6.07) is 3.96. The van der Waals surface area contributed by atoms with Crippen LogP contribution in [0.3, 0.4) is 0 Å². The summed E-state index contributed by atoms with van der Waals surface area (Å²) in [6.45, 7) is 4.17. The van der Waals surface area contributed by atoms with E-state index < -0.39 is 0 Å². The molecule has 2 aromatic heterocycles. The third-order valence-corrected chi connectivity index (χ3v) is 2.94. The molecule has 0 fully saturated rings. The average Bonchev–Trinajstić information content (AvgIpc) is 2.89. The molecule has 0 aromatic carbocycles. The smallest absolute Gasteiger partial charge is 0.203 e. The molecule has 0 amide bonds. The van der Waals surface area contributed by atoms with Crippen molar-refractivity contribution in [3.05, 3.63) is 30.0 Å². The monoisotopic (exact) mass is 237 g/mol. The molecule has 0 aliphatic heterocycles. The molecule has 16 heavy (non-hydrogen) atoms. The molecule has 0 aliphatic carbocycles. The molecular formula is C11H15N3OS. The molecule has 0 saturated heterocycles. The number of hydrogen-bond acceptors (Lipinski definition) is 5. The van der Waals surface area contributed by atoms with Crippen molar-refractivity contribution in [2.24, 2.45) is 0 Å². The lowest BCUT2D eigenvalue weighted by atomic mass is 10.3. The van der Waals surface area contributed by atoms with Gasteiger partial charge in [0.25, 0.3) is 0 Å². The molecular weight excluding hydrogens is 222 g/mol.